The van der Waals surface area contributed by atoms with Gasteiger partial charge in [-0.05, 0) is 47.3 Å². The number of halogens is 1. The van der Waals surface area contributed by atoms with Crippen LogP contribution in [0.5, 0.6) is 0 Å². The van der Waals surface area contributed by atoms with Crippen molar-refractivity contribution in [3.63, 3.8) is 0 Å². The topological polar surface area (TPSA) is 45.2 Å². The molecule has 1 fully saturated rings. The van der Waals surface area contributed by atoms with Crippen LogP contribution in [-0.4, -0.2) is 35.4 Å². The lowest BCUT2D eigenvalue weighted by molar-refractivity contribution is -0.129. The van der Waals surface area contributed by atoms with Crippen molar-refractivity contribution in [2.24, 2.45) is 0 Å². The fraction of sp³-hybridized carbons (Fsp3) is 0.538. The Bertz CT molecular complexity index is 430. The first kappa shape index (κ1) is 13.3. The van der Waals surface area contributed by atoms with E-state index < -0.39 is 0 Å². The summed E-state index contributed by atoms with van der Waals surface area (Å²) in [7, 11) is 0. The van der Waals surface area contributed by atoms with Crippen molar-refractivity contribution in [3.05, 3.63) is 22.3 Å². The number of anilines is 1. The molecule has 0 atom stereocenters. The highest BCUT2D eigenvalue weighted by molar-refractivity contribution is 9.10. The SMILES string of the molecule is Cc1cnc(NCCC(=O)N2CCCC2)c(Br)c1. The highest BCUT2D eigenvalue weighted by Gasteiger charge is 2.17. The first-order valence-corrected chi connectivity index (χ1v) is 7.10. The number of amides is 1. The van der Waals surface area contributed by atoms with Gasteiger partial charge in [0.05, 0.1) is 4.47 Å². The summed E-state index contributed by atoms with van der Waals surface area (Å²) in [4.78, 5) is 18.1. The molecule has 0 unspecified atom stereocenters. The number of rotatable bonds is 4. The molecule has 2 rings (SSSR count). The van der Waals surface area contributed by atoms with Gasteiger partial charge in [0.1, 0.15) is 5.82 Å². The van der Waals surface area contributed by atoms with Gasteiger partial charge in [-0.1, -0.05) is 0 Å². The summed E-state index contributed by atoms with van der Waals surface area (Å²) < 4.78 is 0.941. The zero-order valence-corrected chi connectivity index (χ0v) is 12.2. The molecule has 0 spiro atoms. The maximum Gasteiger partial charge on any atom is 0.224 e. The summed E-state index contributed by atoms with van der Waals surface area (Å²) in [6, 6.07) is 2.01. The fourth-order valence-electron chi connectivity index (χ4n) is 2.08. The number of nitrogens with zero attached hydrogens (tertiary/aromatic N) is 2. The third kappa shape index (κ3) is 3.45. The third-order valence-corrected chi connectivity index (χ3v) is 3.67. The van der Waals surface area contributed by atoms with Crippen molar-refractivity contribution in [2.75, 3.05) is 25.0 Å². The minimum absolute atomic E-state index is 0.239. The first-order valence-electron chi connectivity index (χ1n) is 6.30. The van der Waals surface area contributed by atoms with Crippen molar-refractivity contribution in [2.45, 2.75) is 26.2 Å². The summed E-state index contributed by atoms with van der Waals surface area (Å²) in [6.07, 6.45) is 4.63. The average Bonchev–Trinajstić information content (AvgIpc) is 2.85. The largest absolute Gasteiger partial charge is 0.369 e. The van der Waals surface area contributed by atoms with E-state index >= 15 is 0 Å². The molecule has 1 aliphatic rings. The monoisotopic (exact) mass is 311 g/mol. The van der Waals surface area contributed by atoms with Gasteiger partial charge < -0.3 is 10.2 Å². The molecule has 1 N–H and O–H groups in total. The molecule has 0 aliphatic carbocycles. The van der Waals surface area contributed by atoms with Crippen LogP contribution in [0.1, 0.15) is 24.8 Å². The lowest BCUT2D eigenvalue weighted by Gasteiger charge is -2.15. The van der Waals surface area contributed by atoms with Crippen LogP contribution in [-0.2, 0) is 4.79 Å². The zero-order chi connectivity index (χ0) is 13.0. The standard InChI is InChI=1S/C13H18BrN3O/c1-10-8-11(14)13(16-9-10)15-5-4-12(18)17-6-2-3-7-17/h8-9H,2-7H2,1H3,(H,15,16). The Kier molecular flexibility index (Phi) is 4.58. The lowest BCUT2D eigenvalue weighted by atomic mass is 10.3. The van der Waals surface area contributed by atoms with Crippen LogP contribution in [0.25, 0.3) is 0 Å². The number of carbonyl (C=O) groups is 1. The molecule has 1 aromatic heterocycles. The van der Waals surface area contributed by atoms with E-state index in [4.69, 9.17) is 0 Å². The highest BCUT2D eigenvalue weighted by atomic mass is 79.9. The quantitative estimate of drug-likeness (QED) is 0.929. The van der Waals surface area contributed by atoms with Gasteiger partial charge in [-0.15, -0.1) is 0 Å². The number of likely N-dealkylation sites (tertiary alicyclic amines) is 1. The van der Waals surface area contributed by atoms with Crippen molar-refractivity contribution >= 4 is 27.7 Å². The molecule has 98 valence electrons. The average molecular weight is 312 g/mol. The second-order valence-electron chi connectivity index (χ2n) is 4.61. The number of aromatic nitrogens is 1. The van der Waals surface area contributed by atoms with E-state index in [0.29, 0.717) is 13.0 Å². The predicted octanol–water partition coefficient (Wildman–Crippen LogP) is 2.58. The Labute approximate surface area is 116 Å². The Balaban J connectivity index is 1.79. The number of hydrogen-bond acceptors (Lipinski definition) is 3. The molecule has 0 bridgehead atoms. The maximum absolute atomic E-state index is 11.8. The van der Waals surface area contributed by atoms with Crippen molar-refractivity contribution < 1.29 is 4.79 Å². The Morgan fingerprint density at radius 2 is 2.22 bits per heavy atom. The number of pyridine rings is 1. The summed E-state index contributed by atoms with van der Waals surface area (Å²) in [5.74, 6) is 1.04. The minimum atomic E-state index is 0.239. The molecule has 5 heteroatoms. The number of carbonyl (C=O) groups excluding carboxylic acids is 1. The van der Waals surface area contributed by atoms with Crippen molar-refractivity contribution in [1.29, 1.82) is 0 Å². The molecule has 0 aromatic carbocycles. The zero-order valence-electron chi connectivity index (χ0n) is 10.6. The number of hydrogen-bond donors (Lipinski definition) is 1. The summed E-state index contributed by atoms with van der Waals surface area (Å²) in [5, 5.41) is 3.19. The van der Waals surface area contributed by atoms with E-state index in [1.807, 2.05) is 24.1 Å². The second-order valence-corrected chi connectivity index (χ2v) is 5.46. The van der Waals surface area contributed by atoms with Gasteiger partial charge in [0.25, 0.3) is 0 Å². The van der Waals surface area contributed by atoms with Crippen LogP contribution in [0.15, 0.2) is 16.7 Å². The Hall–Kier alpha value is -1.10. The lowest BCUT2D eigenvalue weighted by Crippen LogP contribution is -2.29. The van der Waals surface area contributed by atoms with Gasteiger partial charge in [0.2, 0.25) is 5.91 Å². The van der Waals surface area contributed by atoms with E-state index in [2.05, 4.69) is 26.2 Å². The smallest absolute Gasteiger partial charge is 0.224 e. The maximum atomic E-state index is 11.8. The summed E-state index contributed by atoms with van der Waals surface area (Å²) in [6.45, 7) is 4.47. The Morgan fingerprint density at radius 3 is 2.89 bits per heavy atom. The predicted molar refractivity (Wildman–Crippen MR) is 75.6 cm³/mol. The Morgan fingerprint density at radius 1 is 1.50 bits per heavy atom. The van der Waals surface area contributed by atoms with Gasteiger partial charge in [-0.25, -0.2) is 4.98 Å². The van der Waals surface area contributed by atoms with Crippen molar-refractivity contribution in [1.82, 2.24) is 9.88 Å². The van der Waals surface area contributed by atoms with Crippen LogP contribution in [0.2, 0.25) is 0 Å². The molecule has 2 heterocycles. The van der Waals surface area contributed by atoms with Crippen LogP contribution in [0.3, 0.4) is 0 Å². The molecule has 1 amide bonds. The van der Waals surface area contributed by atoms with E-state index in [1.54, 1.807) is 0 Å². The molecule has 1 aliphatic heterocycles. The van der Waals surface area contributed by atoms with Crippen molar-refractivity contribution in [3.8, 4) is 0 Å². The van der Waals surface area contributed by atoms with E-state index in [9.17, 15) is 4.79 Å². The van der Waals surface area contributed by atoms with E-state index in [1.165, 1.54) is 0 Å². The molecule has 18 heavy (non-hydrogen) atoms. The van der Waals surface area contributed by atoms with Crippen LogP contribution >= 0.6 is 15.9 Å². The second kappa shape index (κ2) is 6.18. The van der Waals surface area contributed by atoms with E-state index in [-0.39, 0.29) is 5.91 Å². The molecule has 0 radical (unpaired) electrons. The molecule has 1 saturated heterocycles. The number of aryl methyl sites for hydroxylation is 1. The van der Waals surface area contributed by atoms with Gasteiger partial charge in [0, 0.05) is 32.3 Å². The van der Waals surface area contributed by atoms with Crippen LogP contribution in [0, 0.1) is 6.92 Å². The normalized spacial score (nSPS) is 14.9. The molecule has 0 saturated carbocycles. The van der Waals surface area contributed by atoms with Crippen LogP contribution < -0.4 is 5.32 Å². The third-order valence-electron chi connectivity index (χ3n) is 3.07. The van der Waals surface area contributed by atoms with Gasteiger partial charge >= 0.3 is 0 Å². The molecule has 4 nitrogen and oxygen atoms in total. The van der Waals surface area contributed by atoms with E-state index in [0.717, 1.165) is 41.8 Å². The molecular weight excluding hydrogens is 294 g/mol. The highest BCUT2D eigenvalue weighted by Crippen LogP contribution is 2.20. The van der Waals surface area contributed by atoms with Gasteiger partial charge in [-0.2, -0.15) is 0 Å². The minimum Gasteiger partial charge on any atom is -0.369 e. The number of nitrogens with one attached hydrogen (secondary N) is 1. The first-order chi connectivity index (χ1) is 8.66. The van der Waals surface area contributed by atoms with Gasteiger partial charge in [0.15, 0.2) is 0 Å². The fourth-order valence-corrected chi connectivity index (χ4v) is 2.68. The molecule has 1 aromatic rings. The summed E-state index contributed by atoms with van der Waals surface area (Å²) >= 11 is 3.46. The van der Waals surface area contributed by atoms with Crippen LogP contribution in [0.4, 0.5) is 5.82 Å². The molecular formula is C13H18BrN3O. The summed E-state index contributed by atoms with van der Waals surface area (Å²) in [5.41, 5.74) is 1.11. The van der Waals surface area contributed by atoms with Gasteiger partial charge in [-0.3, -0.25) is 4.79 Å².